The lowest BCUT2D eigenvalue weighted by atomic mass is 9.86. The molecule has 0 atom stereocenters. The van der Waals surface area contributed by atoms with E-state index in [2.05, 4.69) is 20.8 Å². The van der Waals surface area contributed by atoms with Gasteiger partial charge in [-0.15, -0.1) is 0 Å². The number of furan rings is 1. The number of aryl methyl sites for hydroxylation is 1. The van der Waals surface area contributed by atoms with E-state index in [1.807, 2.05) is 57.2 Å². The number of carbonyl (C=O) groups excluding carboxylic acids is 2. The first-order valence-electron chi connectivity index (χ1n) is 12.4. The predicted molar refractivity (Wildman–Crippen MR) is 140 cm³/mol. The molecule has 0 aliphatic carbocycles. The van der Waals surface area contributed by atoms with E-state index >= 15 is 0 Å². The minimum Gasteiger partial charge on any atom is -0.464 e. The number of nitrogens with zero attached hydrogens (tertiary/aromatic N) is 2. The van der Waals surface area contributed by atoms with E-state index in [0.717, 1.165) is 16.9 Å². The van der Waals surface area contributed by atoms with Crippen molar-refractivity contribution in [3.63, 3.8) is 0 Å². The highest BCUT2D eigenvalue weighted by Gasteiger charge is 2.25. The molecule has 0 fully saturated rings. The fraction of sp³-hybridized carbons (Fsp3) is 0.400. The van der Waals surface area contributed by atoms with E-state index in [-0.39, 0.29) is 48.6 Å². The lowest BCUT2D eigenvalue weighted by molar-refractivity contribution is -0.133. The minimum absolute atomic E-state index is 0.0137. The standard InChI is InChI=1S/C30H37FN2O3/c1-21(2)17-33(29(35)24-10-12-25(13-11-24)30(4,5)6)20-28(34)32(19-27-16-7-22(3)36-27)18-23-8-14-26(31)15-9-23/h7-16,21H,17-20H2,1-6H3. The lowest BCUT2D eigenvalue weighted by Gasteiger charge is -2.29. The normalized spacial score (nSPS) is 11.6. The van der Waals surface area contributed by atoms with Gasteiger partial charge >= 0.3 is 0 Å². The highest BCUT2D eigenvalue weighted by atomic mass is 19.1. The Morgan fingerprint density at radius 1 is 0.889 bits per heavy atom. The van der Waals surface area contributed by atoms with E-state index in [1.165, 1.54) is 12.1 Å². The molecule has 0 N–H and O–H groups in total. The van der Waals surface area contributed by atoms with Gasteiger partial charge in [0.25, 0.3) is 5.91 Å². The summed E-state index contributed by atoms with van der Waals surface area (Å²) in [5.74, 6) is 0.900. The van der Waals surface area contributed by atoms with E-state index in [9.17, 15) is 14.0 Å². The van der Waals surface area contributed by atoms with E-state index in [4.69, 9.17) is 4.42 Å². The zero-order valence-corrected chi connectivity index (χ0v) is 22.2. The van der Waals surface area contributed by atoms with Crippen molar-refractivity contribution in [3.8, 4) is 0 Å². The zero-order valence-electron chi connectivity index (χ0n) is 22.2. The summed E-state index contributed by atoms with van der Waals surface area (Å²) in [5, 5.41) is 0. The number of carbonyl (C=O) groups is 2. The van der Waals surface area contributed by atoms with Crippen molar-refractivity contribution in [2.45, 2.75) is 60.0 Å². The predicted octanol–water partition coefficient (Wildman–Crippen LogP) is 6.35. The molecular formula is C30H37FN2O3. The van der Waals surface area contributed by atoms with Crippen LogP contribution in [-0.4, -0.2) is 34.7 Å². The van der Waals surface area contributed by atoms with Crippen LogP contribution in [0.2, 0.25) is 0 Å². The maximum atomic E-state index is 13.6. The third-order valence-corrected chi connectivity index (χ3v) is 5.98. The summed E-state index contributed by atoms with van der Waals surface area (Å²) in [6.45, 7) is 13.2. The summed E-state index contributed by atoms with van der Waals surface area (Å²) in [7, 11) is 0. The number of benzene rings is 2. The molecule has 2 amide bonds. The first-order valence-corrected chi connectivity index (χ1v) is 12.4. The molecule has 0 spiro atoms. The Hall–Kier alpha value is -3.41. The summed E-state index contributed by atoms with van der Waals surface area (Å²) in [6.07, 6.45) is 0. The van der Waals surface area contributed by atoms with Gasteiger partial charge in [0.1, 0.15) is 23.9 Å². The third kappa shape index (κ3) is 7.54. The van der Waals surface area contributed by atoms with E-state index in [1.54, 1.807) is 21.9 Å². The van der Waals surface area contributed by atoms with Crippen molar-refractivity contribution >= 4 is 11.8 Å². The van der Waals surface area contributed by atoms with Crippen LogP contribution in [0.3, 0.4) is 0 Å². The molecule has 0 aliphatic rings. The molecule has 1 aromatic heterocycles. The molecule has 36 heavy (non-hydrogen) atoms. The Balaban J connectivity index is 1.82. The van der Waals surface area contributed by atoms with Gasteiger partial charge in [-0.25, -0.2) is 4.39 Å². The lowest BCUT2D eigenvalue weighted by Crippen LogP contribution is -2.43. The Labute approximate surface area is 213 Å². The molecule has 6 heteroatoms. The molecule has 0 radical (unpaired) electrons. The van der Waals surface area contributed by atoms with Gasteiger partial charge < -0.3 is 14.2 Å². The highest BCUT2D eigenvalue weighted by Crippen LogP contribution is 2.23. The Morgan fingerprint density at radius 2 is 1.53 bits per heavy atom. The number of amides is 2. The van der Waals surface area contributed by atoms with Gasteiger partial charge in [0.15, 0.2) is 0 Å². The molecule has 0 saturated carbocycles. The van der Waals surface area contributed by atoms with Crippen LogP contribution >= 0.6 is 0 Å². The van der Waals surface area contributed by atoms with Crippen LogP contribution in [0.1, 0.15) is 67.6 Å². The average molecular weight is 493 g/mol. The fourth-order valence-corrected chi connectivity index (χ4v) is 4.02. The molecule has 2 aromatic carbocycles. The van der Waals surface area contributed by atoms with Crippen LogP contribution in [0.4, 0.5) is 4.39 Å². The first-order chi connectivity index (χ1) is 16.9. The van der Waals surface area contributed by atoms with Crippen molar-refractivity contribution in [2.24, 2.45) is 5.92 Å². The van der Waals surface area contributed by atoms with Gasteiger partial charge in [-0.05, 0) is 65.8 Å². The maximum absolute atomic E-state index is 13.6. The second-order valence-electron chi connectivity index (χ2n) is 10.8. The SMILES string of the molecule is Cc1ccc(CN(Cc2ccc(F)cc2)C(=O)CN(CC(C)C)C(=O)c2ccc(C(C)(C)C)cc2)o1. The summed E-state index contributed by atoms with van der Waals surface area (Å²) in [6, 6.07) is 17.4. The van der Waals surface area contributed by atoms with E-state index < -0.39 is 0 Å². The Kier molecular flexibility index (Phi) is 8.72. The van der Waals surface area contributed by atoms with Crippen molar-refractivity contribution in [1.29, 1.82) is 0 Å². The smallest absolute Gasteiger partial charge is 0.254 e. The Morgan fingerprint density at radius 3 is 2.06 bits per heavy atom. The van der Waals surface area contributed by atoms with E-state index in [0.29, 0.717) is 17.9 Å². The summed E-state index contributed by atoms with van der Waals surface area (Å²) in [5.41, 5.74) is 2.49. The molecule has 3 rings (SSSR count). The summed E-state index contributed by atoms with van der Waals surface area (Å²) >= 11 is 0. The van der Waals surface area contributed by atoms with Crippen LogP contribution in [0, 0.1) is 18.7 Å². The number of hydrogen-bond acceptors (Lipinski definition) is 3. The van der Waals surface area contributed by atoms with Gasteiger partial charge in [-0.2, -0.15) is 0 Å². The van der Waals surface area contributed by atoms with Gasteiger partial charge in [0, 0.05) is 18.7 Å². The summed E-state index contributed by atoms with van der Waals surface area (Å²) < 4.78 is 19.1. The molecule has 0 bridgehead atoms. The van der Waals surface area contributed by atoms with Crippen molar-refractivity contribution in [1.82, 2.24) is 9.80 Å². The van der Waals surface area contributed by atoms with Crippen LogP contribution < -0.4 is 0 Å². The van der Waals surface area contributed by atoms with Crippen molar-refractivity contribution < 1.29 is 18.4 Å². The molecular weight excluding hydrogens is 455 g/mol. The summed E-state index contributed by atoms with van der Waals surface area (Å²) in [4.78, 5) is 30.3. The van der Waals surface area contributed by atoms with Gasteiger partial charge in [0.05, 0.1) is 6.54 Å². The van der Waals surface area contributed by atoms with Gasteiger partial charge in [-0.3, -0.25) is 9.59 Å². The van der Waals surface area contributed by atoms with Gasteiger partial charge in [-0.1, -0.05) is 58.9 Å². The quantitative estimate of drug-likeness (QED) is 0.350. The van der Waals surface area contributed by atoms with Crippen molar-refractivity contribution in [3.05, 3.63) is 94.7 Å². The topological polar surface area (TPSA) is 53.8 Å². The molecule has 0 saturated heterocycles. The van der Waals surface area contributed by atoms with Crippen molar-refractivity contribution in [2.75, 3.05) is 13.1 Å². The Bertz CT molecular complexity index is 1160. The zero-order chi connectivity index (χ0) is 26.5. The average Bonchev–Trinajstić information content (AvgIpc) is 3.22. The monoisotopic (exact) mass is 492 g/mol. The van der Waals surface area contributed by atoms with Crippen LogP contribution in [0.5, 0.6) is 0 Å². The molecule has 3 aromatic rings. The number of hydrogen-bond donors (Lipinski definition) is 0. The molecule has 5 nitrogen and oxygen atoms in total. The second-order valence-corrected chi connectivity index (χ2v) is 10.8. The van der Waals surface area contributed by atoms with Gasteiger partial charge in [0.2, 0.25) is 5.91 Å². The number of rotatable bonds is 9. The van der Waals surface area contributed by atoms with Crippen LogP contribution in [0.15, 0.2) is 65.1 Å². The molecule has 1 heterocycles. The second kappa shape index (κ2) is 11.5. The molecule has 192 valence electrons. The highest BCUT2D eigenvalue weighted by molar-refractivity contribution is 5.96. The van der Waals surface area contributed by atoms with Crippen LogP contribution in [-0.2, 0) is 23.3 Å². The maximum Gasteiger partial charge on any atom is 0.254 e. The largest absolute Gasteiger partial charge is 0.464 e. The molecule has 0 unspecified atom stereocenters. The fourth-order valence-electron chi connectivity index (χ4n) is 4.02. The third-order valence-electron chi connectivity index (χ3n) is 5.98. The van der Waals surface area contributed by atoms with Crippen LogP contribution in [0.25, 0.3) is 0 Å². The molecule has 0 aliphatic heterocycles. The first kappa shape index (κ1) is 27.2. The minimum atomic E-state index is -0.329. The number of halogens is 1.